The summed E-state index contributed by atoms with van der Waals surface area (Å²) in [4.78, 5) is 39.8. The number of halogens is 1. The van der Waals surface area contributed by atoms with Crippen LogP contribution in [-0.4, -0.2) is 68.1 Å². The maximum atomic E-state index is 14.7. The van der Waals surface area contributed by atoms with Crippen LogP contribution < -0.4 is 35.3 Å². The second kappa shape index (κ2) is 13.0. The van der Waals surface area contributed by atoms with Gasteiger partial charge in [-0.05, 0) is 60.2 Å². The minimum Gasteiger partial charge on any atom is -0.493 e. The van der Waals surface area contributed by atoms with Gasteiger partial charge in [-0.3, -0.25) is 19.3 Å². The molecular formula is C31H33FN4O7. The van der Waals surface area contributed by atoms with Gasteiger partial charge in [-0.2, -0.15) is 0 Å². The Morgan fingerprint density at radius 3 is 2.47 bits per heavy atom. The molecule has 0 saturated carbocycles. The van der Waals surface area contributed by atoms with E-state index in [1.807, 2.05) is 4.90 Å². The summed E-state index contributed by atoms with van der Waals surface area (Å²) in [6, 6.07) is 15.6. The largest absolute Gasteiger partial charge is 0.493 e. The Kier molecular flexibility index (Phi) is 8.96. The zero-order chi connectivity index (χ0) is 30.4. The van der Waals surface area contributed by atoms with Gasteiger partial charge in [0.05, 0.1) is 20.2 Å². The van der Waals surface area contributed by atoms with Crippen LogP contribution in [0.5, 0.6) is 28.7 Å². The molecule has 3 aromatic rings. The number of amides is 3. The molecule has 1 fully saturated rings. The van der Waals surface area contributed by atoms with Gasteiger partial charge in [0.15, 0.2) is 17.1 Å². The molecule has 3 aromatic carbocycles. The van der Waals surface area contributed by atoms with E-state index >= 15 is 0 Å². The van der Waals surface area contributed by atoms with E-state index in [4.69, 9.17) is 24.7 Å². The number of hydrogen-bond acceptors (Lipinski definition) is 8. The number of rotatable bonds is 3. The quantitative estimate of drug-likeness (QED) is 0.422. The molecule has 3 heterocycles. The predicted molar refractivity (Wildman–Crippen MR) is 154 cm³/mol. The Morgan fingerprint density at radius 1 is 1.00 bits per heavy atom. The van der Waals surface area contributed by atoms with Gasteiger partial charge in [0.25, 0.3) is 11.8 Å². The lowest BCUT2D eigenvalue weighted by Crippen LogP contribution is -2.57. The van der Waals surface area contributed by atoms with Crippen molar-refractivity contribution in [1.82, 2.24) is 15.5 Å². The molecule has 3 aliphatic heterocycles. The lowest BCUT2D eigenvalue weighted by Gasteiger charge is -2.40. The van der Waals surface area contributed by atoms with Gasteiger partial charge in [-0.25, -0.2) is 4.39 Å². The van der Waals surface area contributed by atoms with E-state index in [-0.39, 0.29) is 49.6 Å². The summed E-state index contributed by atoms with van der Waals surface area (Å²) in [6.45, 7) is 1.36. The predicted octanol–water partition coefficient (Wildman–Crippen LogP) is 2.76. The number of nitrogens with two attached hydrogens (primary N) is 1. The van der Waals surface area contributed by atoms with Crippen LogP contribution >= 0.6 is 0 Å². The molecule has 0 atom stereocenters. The minimum absolute atomic E-state index is 0.00454. The molecule has 6 bridgehead atoms. The van der Waals surface area contributed by atoms with Crippen molar-refractivity contribution in [3.05, 3.63) is 77.6 Å². The number of fused-ring (bicyclic) bond motifs is 8. The van der Waals surface area contributed by atoms with Gasteiger partial charge >= 0.3 is 0 Å². The highest BCUT2D eigenvalue weighted by Gasteiger charge is 2.44. The van der Waals surface area contributed by atoms with Gasteiger partial charge in [0, 0.05) is 44.1 Å². The fourth-order valence-corrected chi connectivity index (χ4v) is 5.08. The molecular weight excluding hydrogens is 559 g/mol. The molecule has 6 rings (SSSR count). The topological polar surface area (TPSA) is 141 Å². The van der Waals surface area contributed by atoms with E-state index in [0.717, 1.165) is 0 Å². The van der Waals surface area contributed by atoms with Crippen LogP contribution in [-0.2, 0) is 16.1 Å². The third-order valence-electron chi connectivity index (χ3n) is 7.29. The van der Waals surface area contributed by atoms with E-state index in [1.165, 1.54) is 25.3 Å². The van der Waals surface area contributed by atoms with Crippen molar-refractivity contribution in [2.75, 3.05) is 39.9 Å². The number of methoxy groups -OCH3 is 1. The second-order valence-corrected chi connectivity index (χ2v) is 10.4. The van der Waals surface area contributed by atoms with Crippen LogP contribution in [0.25, 0.3) is 0 Å². The Morgan fingerprint density at radius 2 is 1.74 bits per heavy atom. The lowest BCUT2D eigenvalue weighted by atomic mass is 9.89. The van der Waals surface area contributed by atoms with Crippen molar-refractivity contribution in [3.8, 4) is 28.7 Å². The first-order valence-electron chi connectivity index (χ1n) is 13.9. The number of ether oxygens (including phenoxy) is 4. The Bertz CT molecular complexity index is 1490. The molecule has 1 spiro atoms. The summed E-state index contributed by atoms with van der Waals surface area (Å²) in [5.41, 5.74) is 4.90. The second-order valence-electron chi connectivity index (χ2n) is 10.4. The number of primary amides is 1. The molecule has 3 aliphatic rings. The monoisotopic (exact) mass is 592 g/mol. The number of carbonyl (C=O) groups is 3. The number of hydrogen-bond donors (Lipinski definition) is 3. The number of carbonyl (C=O) groups excluding carboxylic acids is 3. The first-order valence-corrected chi connectivity index (χ1v) is 13.9. The zero-order valence-electron chi connectivity index (χ0n) is 23.7. The molecule has 0 radical (unpaired) electrons. The molecule has 4 N–H and O–H groups in total. The van der Waals surface area contributed by atoms with Crippen LogP contribution in [0.1, 0.15) is 28.8 Å². The highest BCUT2D eigenvalue weighted by atomic mass is 19.1. The summed E-state index contributed by atoms with van der Waals surface area (Å²) >= 11 is 0. The van der Waals surface area contributed by atoms with Crippen LogP contribution in [0, 0.1) is 5.82 Å². The van der Waals surface area contributed by atoms with Crippen molar-refractivity contribution >= 4 is 17.7 Å². The zero-order valence-corrected chi connectivity index (χ0v) is 23.7. The summed E-state index contributed by atoms with van der Waals surface area (Å²) in [5, 5.41) is 5.69. The van der Waals surface area contributed by atoms with Crippen molar-refractivity contribution in [3.63, 3.8) is 0 Å². The molecule has 1 saturated heterocycles. The van der Waals surface area contributed by atoms with Crippen LogP contribution in [0.2, 0.25) is 0 Å². The van der Waals surface area contributed by atoms with E-state index in [9.17, 15) is 18.8 Å². The molecule has 226 valence electrons. The summed E-state index contributed by atoms with van der Waals surface area (Å²) < 4.78 is 38.1. The van der Waals surface area contributed by atoms with Gasteiger partial charge < -0.3 is 35.3 Å². The summed E-state index contributed by atoms with van der Waals surface area (Å²) in [6.07, 6.45) is 0.607. The average molecular weight is 593 g/mol. The van der Waals surface area contributed by atoms with Crippen molar-refractivity contribution in [2.45, 2.75) is 25.0 Å². The fraction of sp³-hybridized carbons (Fsp3) is 0.323. The maximum absolute atomic E-state index is 14.7. The fourth-order valence-electron chi connectivity index (χ4n) is 5.08. The molecule has 3 amide bonds. The number of likely N-dealkylation sites (tertiary alicyclic amines) is 1. The van der Waals surface area contributed by atoms with Gasteiger partial charge in [0.2, 0.25) is 5.91 Å². The normalized spacial score (nSPS) is 17.3. The first-order chi connectivity index (χ1) is 20.7. The SMILES string of the molecule is COc1ccc2cc1Oc1cc(F)cc(c1)CNC(=O)C1(CCN(CC(N)=O)CC1)Oc1ccc(cc1)OCCNC2=O. The minimum atomic E-state index is -1.24. The third-order valence-corrected chi connectivity index (χ3v) is 7.29. The lowest BCUT2D eigenvalue weighted by molar-refractivity contribution is -0.141. The standard InChI is InChI=1S/C31H33FN4O7/c1-40-26-7-2-21-16-27(26)42-25-15-20(14-22(32)17-25)18-35-30(39)31(8-11-36(12-9-31)19-28(33)37)43-24-5-3-23(4-6-24)41-13-10-34-29(21)38/h2-7,14-17H,8-13,18-19H2,1H3,(H2,33,37)(H,34,38)(H,35,39). The maximum Gasteiger partial charge on any atom is 0.264 e. The summed E-state index contributed by atoms with van der Waals surface area (Å²) in [5.74, 6) is 0.00276. The van der Waals surface area contributed by atoms with Crippen LogP contribution in [0.4, 0.5) is 4.39 Å². The van der Waals surface area contributed by atoms with E-state index in [1.54, 1.807) is 42.5 Å². The van der Waals surface area contributed by atoms with Crippen molar-refractivity contribution < 1.29 is 37.7 Å². The highest BCUT2D eigenvalue weighted by molar-refractivity contribution is 5.95. The summed E-state index contributed by atoms with van der Waals surface area (Å²) in [7, 11) is 1.46. The molecule has 0 unspecified atom stereocenters. The molecule has 12 heteroatoms. The van der Waals surface area contributed by atoms with Crippen LogP contribution in [0.15, 0.2) is 60.7 Å². The smallest absolute Gasteiger partial charge is 0.264 e. The van der Waals surface area contributed by atoms with Gasteiger partial charge in [-0.1, -0.05) is 0 Å². The number of nitrogens with zero attached hydrogens (tertiary/aromatic N) is 1. The number of nitrogens with one attached hydrogen (secondary N) is 2. The van der Waals surface area contributed by atoms with E-state index in [0.29, 0.717) is 54.3 Å². The number of benzene rings is 3. The average Bonchev–Trinajstić information content (AvgIpc) is 2.99. The van der Waals surface area contributed by atoms with Crippen molar-refractivity contribution in [1.29, 1.82) is 0 Å². The highest BCUT2D eigenvalue weighted by Crippen LogP contribution is 2.34. The van der Waals surface area contributed by atoms with Gasteiger partial charge in [0.1, 0.15) is 29.7 Å². The molecule has 0 aromatic heterocycles. The third kappa shape index (κ3) is 7.33. The first kappa shape index (κ1) is 29.6. The van der Waals surface area contributed by atoms with Gasteiger partial charge in [-0.15, -0.1) is 0 Å². The number of piperidine rings is 1. The molecule has 43 heavy (non-hydrogen) atoms. The van der Waals surface area contributed by atoms with E-state index in [2.05, 4.69) is 10.6 Å². The Hall–Kier alpha value is -4.84. The molecule has 11 nitrogen and oxygen atoms in total. The van der Waals surface area contributed by atoms with Crippen molar-refractivity contribution in [2.24, 2.45) is 5.73 Å². The van der Waals surface area contributed by atoms with Crippen LogP contribution in [0.3, 0.4) is 0 Å². The van der Waals surface area contributed by atoms with E-state index < -0.39 is 17.3 Å². The Balaban J connectivity index is 1.45. The molecule has 0 aliphatic carbocycles. The Labute approximate surface area is 248 Å².